The number of carbonyl (C=O) groups is 2. The molecule has 0 unspecified atom stereocenters. The molecule has 0 saturated heterocycles. The van der Waals surface area contributed by atoms with E-state index in [1.54, 1.807) is 26.4 Å². The van der Waals surface area contributed by atoms with Crippen LogP contribution >= 0.6 is 0 Å². The summed E-state index contributed by atoms with van der Waals surface area (Å²) in [6.45, 7) is 0.462. The number of ketones is 1. The summed E-state index contributed by atoms with van der Waals surface area (Å²) >= 11 is 0. The van der Waals surface area contributed by atoms with Gasteiger partial charge in [0.25, 0.3) is 0 Å². The van der Waals surface area contributed by atoms with Crippen molar-refractivity contribution in [3.05, 3.63) is 59.7 Å². The van der Waals surface area contributed by atoms with Crippen LogP contribution in [0.5, 0.6) is 11.5 Å². The Balaban J connectivity index is 1.67. The van der Waals surface area contributed by atoms with Crippen LogP contribution in [0.15, 0.2) is 48.5 Å². The molecule has 1 fully saturated rings. The zero-order valence-corrected chi connectivity index (χ0v) is 15.8. The van der Waals surface area contributed by atoms with Gasteiger partial charge in [0, 0.05) is 36.6 Å². The maximum Gasteiger partial charge on any atom is 0.223 e. The lowest BCUT2D eigenvalue weighted by Crippen LogP contribution is -2.33. The van der Waals surface area contributed by atoms with E-state index in [9.17, 15) is 9.59 Å². The predicted molar refractivity (Wildman–Crippen MR) is 103 cm³/mol. The van der Waals surface area contributed by atoms with Gasteiger partial charge in [-0.2, -0.15) is 0 Å². The van der Waals surface area contributed by atoms with Gasteiger partial charge < -0.3 is 14.4 Å². The highest BCUT2D eigenvalue weighted by Gasteiger charge is 2.33. The van der Waals surface area contributed by atoms with Gasteiger partial charge in [-0.25, -0.2) is 0 Å². The van der Waals surface area contributed by atoms with E-state index in [2.05, 4.69) is 0 Å². The smallest absolute Gasteiger partial charge is 0.223 e. The topological polar surface area (TPSA) is 55.8 Å². The van der Waals surface area contributed by atoms with Crippen molar-refractivity contribution in [2.24, 2.45) is 0 Å². The molecule has 3 rings (SSSR count). The molecule has 0 aliphatic heterocycles. The third-order valence-electron chi connectivity index (χ3n) is 4.80. The molecule has 2 aromatic carbocycles. The first-order valence-electron chi connectivity index (χ1n) is 9.21. The fourth-order valence-electron chi connectivity index (χ4n) is 3.13. The molecule has 0 N–H and O–H groups in total. The molecule has 0 atom stereocenters. The first-order chi connectivity index (χ1) is 13.1. The van der Waals surface area contributed by atoms with Gasteiger partial charge in [-0.05, 0) is 31.0 Å². The molecule has 0 spiro atoms. The Morgan fingerprint density at radius 3 is 2.37 bits per heavy atom. The fourth-order valence-corrected chi connectivity index (χ4v) is 3.13. The summed E-state index contributed by atoms with van der Waals surface area (Å²) in [5.41, 5.74) is 1.56. The molecule has 142 valence electrons. The minimum absolute atomic E-state index is 0.00124. The lowest BCUT2D eigenvalue weighted by molar-refractivity contribution is -0.132. The van der Waals surface area contributed by atoms with Gasteiger partial charge in [-0.1, -0.05) is 30.3 Å². The van der Waals surface area contributed by atoms with Crippen molar-refractivity contribution in [3.63, 3.8) is 0 Å². The Labute approximate surface area is 159 Å². The van der Waals surface area contributed by atoms with Crippen LogP contribution in [0, 0.1) is 0 Å². The van der Waals surface area contributed by atoms with Gasteiger partial charge in [0.05, 0.1) is 14.2 Å². The second kappa shape index (κ2) is 8.71. The zero-order chi connectivity index (χ0) is 19.2. The summed E-state index contributed by atoms with van der Waals surface area (Å²) in [4.78, 5) is 27.0. The molecule has 0 heterocycles. The van der Waals surface area contributed by atoms with Crippen LogP contribution in [-0.2, 0) is 11.3 Å². The zero-order valence-electron chi connectivity index (χ0n) is 15.8. The molecule has 1 saturated carbocycles. The van der Waals surface area contributed by atoms with Crippen molar-refractivity contribution < 1.29 is 19.1 Å². The number of amides is 1. The van der Waals surface area contributed by atoms with Crippen molar-refractivity contribution in [2.75, 3.05) is 14.2 Å². The maximum atomic E-state index is 12.8. The molecule has 2 aromatic rings. The second-order valence-corrected chi connectivity index (χ2v) is 6.72. The largest absolute Gasteiger partial charge is 0.497 e. The minimum Gasteiger partial charge on any atom is -0.497 e. The van der Waals surface area contributed by atoms with Gasteiger partial charge >= 0.3 is 0 Å². The quantitative estimate of drug-likeness (QED) is 0.632. The molecular formula is C22H25NO4. The molecule has 27 heavy (non-hydrogen) atoms. The number of ether oxygens (including phenoxy) is 2. The minimum atomic E-state index is -0.00124. The van der Waals surface area contributed by atoms with E-state index >= 15 is 0 Å². The summed E-state index contributed by atoms with van der Waals surface area (Å²) in [5.74, 6) is 1.47. The van der Waals surface area contributed by atoms with Crippen LogP contribution < -0.4 is 9.47 Å². The van der Waals surface area contributed by atoms with E-state index in [1.165, 1.54) is 0 Å². The predicted octanol–water partition coefficient (Wildman–Crippen LogP) is 3.86. The lowest BCUT2D eigenvalue weighted by atomic mass is 10.1. The highest BCUT2D eigenvalue weighted by molar-refractivity contribution is 5.97. The van der Waals surface area contributed by atoms with Crippen LogP contribution in [0.3, 0.4) is 0 Å². The standard InChI is InChI=1S/C22H25NO4/c1-26-19-10-12-21(27-2)17(14-19)15-23(18-8-9-18)22(25)13-11-20(24)16-6-4-3-5-7-16/h3-7,10,12,14,18H,8-9,11,13,15H2,1-2H3. The van der Waals surface area contributed by atoms with Gasteiger partial charge in [-0.15, -0.1) is 0 Å². The molecule has 1 amide bonds. The number of carbonyl (C=O) groups excluding carboxylic acids is 2. The third-order valence-corrected chi connectivity index (χ3v) is 4.80. The summed E-state index contributed by atoms with van der Waals surface area (Å²) in [5, 5.41) is 0. The average molecular weight is 367 g/mol. The van der Waals surface area contributed by atoms with Gasteiger partial charge in [0.2, 0.25) is 5.91 Å². The Morgan fingerprint density at radius 2 is 1.74 bits per heavy atom. The Hall–Kier alpha value is -2.82. The first kappa shape index (κ1) is 19.0. The summed E-state index contributed by atoms with van der Waals surface area (Å²) < 4.78 is 10.7. The van der Waals surface area contributed by atoms with Gasteiger partial charge in [-0.3, -0.25) is 9.59 Å². The van der Waals surface area contributed by atoms with E-state index < -0.39 is 0 Å². The average Bonchev–Trinajstić information content (AvgIpc) is 3.55. The SMILES string of the molecule is COc1ccc(OC)c(CN(C(=O)CCC(=O)c2ccccc2)C2CC2)c1. The number of hydrogen-bond acceptors (Lipinski definition) is 4. The van der Waals surface area contributed by atoms with Gasteiger partial charge in [0.1, 0.15) is 11.5 Å². The number of nitrogens with zero attached hydrogens (tertiary/aromatic N) is 1. The number of Topliss-reactive ketones (excluding diaryl/α,β-unsaturated/α-hetero) is 1. The highest BCUT2D eigenvalue weighted by atomic mass is 16.5. The van der Waals surface area contributed by atoms with Crippen molar-refractivity contribution in [2.45, 2.75) is 38.3 Å². The molecule has 0 bridgehead atoms. The highest BCUT2D eigenvalue weighted by Crippen LogP contribution is 2.32. The number of benzene rings is 2. The van der Waals surface area contributed by atoms with E-state index in [4.69, 9.17) is 9.47 Å². The van der Waals surface area contributed by atoms with Crippen molar-refractivity contribution in [3.8, 4) is 11.5 Å². The van der Waals surface area contributed by atoms with Crippen molar-refractivity contribution >= 4 is 11.7 Å². The number of methoxy groups -OCH3 is 2. The second-order valence-electron chi connectivity index (χ2n) is 6.72. The third kappa shape index (κ3) is 4.88. The molecule has 5 nitrogen and oxygen atoms in total. The monoisotopic (exact) mass is 367 g/mol. The van der Waals surface area contributed by atoms with Crippen LogP contribution in [0.1, 0.15) is 41.6 Å². The van der Waals surface area contributed by atoms with Crippen molar-refractivity contribution in [1.29, 1.82) is 0 Å². The van der Waals surface area contributed by atoms with E-state index in [0.717, 1.165) is 29.9 Å². The molecular weight excluding hydrogens is 342 g/mol. The molecule has 1 aliphatic carbocycles. The Kier molecular flexibility index (Phi) is 6.12. The molecule has 0 aromatic heterocycles. The maximum absolute atomic E-state index is 12.8. The lowest BCUT2D eigenvalue weighted by Gasteiger charge is -2.24. The van der Waals surface area contributed by atoms with Crippen molar-refractivity contribution in [1.82, 2.24) is 4.90 Å². The number of hydrogen-bond donors (Lipinski definition) is 0. The fraction of sp³-hybridized carbons (Fsp3) is 0.364. The molecule has 5 heteroatoms. The summed E-state index contributed by atoms with van der Waals surface area (Å²) in [6.07, 6.45) is 2.45. The summed E-state index contributed by atoms with van der Waals surface area (Å²) in [7, 11) is 3.23. The van der Waals surface area contributed by atoms with Crippen LogP contribution in [0.2, 0.25) is 0 Å². The Bertz CT molecular complexity index is 799. The Morgan fingerprint density at radius 1 is 1.00 bits per heavy atom. The molecule has 1 aliphatic rings. The van der Waals surface area contributed by atoms with E-state index in [-0.39, 0.29) is 30.6 Å². The first-order valence-corrected chi connectivity index (χ1v) is 9.21. The van der Waals surface area contributed by atoms with E-state index in [1.807, 2.05) is 41.3 Å². The number of rotatable bonds is 9. The van der Waals surface area contributed by atoms with Crippen LogP contribution in [0.25, 0.3) is 0 Å². The van der Waals surface area contributed by atoms with Crippen LogP contribution in [-0.4, -0.2) is 36.9 Å². The van der Waals surface area contributed by atoms with Gasteiger partial charge in [0.15, 0.2) is 5.78 Å². The summed E-state index contributed by atoms with van der Waals surface area (Å²) in [6, 6.07) is 14.9. The van der Waals surface area contributed by atoms with E-state index in [0.29, 0.717) is 12.1 Å². The van der Waals surface area contributed by atoms with Crippen LogP contribution in [0.4, 0.5) is 0 Å². The normalized spacial score (nSPS) is 13.1. The molecule has 0 radical (unpaired) electrons.